The van der Waals surface area contributed by atoms with Crippen molar-refractivity contribution in [3.63, 3.8) is 0 Å². The molecule has 2 aromatic rings. The molecule has 0 amide bonds. The zero-order chi connectivity index (χ0) is 36.3. The van der Waals surface area contributed by atoms with Crippen LogP contribution in [0.5, 0.6) is 11.5 Å². The molecule has 0 aliphatic carbocycles. The number of hydrogen-bond donors (Lipinski definition) is 2. The van der Waals surface area contributed by atoms with E-state index >= 15 is 0 Å². The number of aliphatic hydroxyl groups excluding tert-OH is 1. The Hall–Kier alpha value is -1.87. The Morgan fingerprint density at radius 1 is 0.771 bits per heavy atom. The Balaban J connectivity index is 2.18. The summed E-state index contributed by atoms with van der Waals surface area (Å²) in [4.78, 5) is 17.0. The van der Waals surface area contributed by atoms with Gasteiger partial charge < -0.3 is 19.7 Å². The number of hydrogen-bond acceptors (Lipinski definition) is 8. The molecule has 0 bridgehead atoms. The highest BCUT2D eigenvalue weighted by Crippen LogP contribution is 2.55. The van der Waals surface area contributed by atoms with E-state index in [1.165, 1.54) is 16.0 Å². The number of thioether (sulfide) groups is 2. The Kier molecular flexibility index (Phi) is 13.2. The van der Waals surface area contributed by atoms with Gasteiger partial charge in [-0.05, 0) is 65.7 Å². The Bertz CT molecular complexity index is 1330. The fraction of sp³-hybridized carbons (Fsp3) is 0.675. The predicted molar refractivity (Wildman–Crippen MR) is 203 cm³/mol. The molecule has 0 radical (unpaired) electrons. The molecule has 2 aromatic carbocycles. The van der Waals surface area contributed by atoms with E-state index in [1.807, 2.05) is 30.4 Å². The second-order valence-electron chi connectivity index (χ2n) is 17.3. The lowest BCUT2D eigenvalue weighted by Gasteiger charge is -2.41. The number of aliphatic hydroxyl groups is 1. The lowest BCUT2D eigenvalue weighted by atomic mass is 9.79. The van der Waals surface area contributed by atoms with Crippen LogP contribution in [0.15, 0.2) is 34.1 Å². The molecule has 1 aliphatic rings. The Morgan fingerprint density at radius 3 is 1.56 bits per heavy atom. The maximum atomic E-state index is 12.4. The van der Waals surface area contributed by atoms with Crippen LogP contribution < -0.4 is 4.74 Å². The summed E-state index contributed by atoms with van der Waals surface area (Å²) in [6.45, 7) is 31.1. The summed E-state index contributed by atoms with van der Waals surface area (Å²) in [5, 5.41) is 21.0. The van der Waals surface area contributed by atoms with Gasteiger partial charge in [-0.25, -0.2) is 0 Å². The molecule has 1 aliphatic heterocycles. The lowest BCUT2D eigenvalue weighted by Crippen LogP contribution is -2.43. The van der Waals surface area contributed by atoms with Crippen molar-refractivity contribution in [2.75, 3.05) is 39.5 Å². The van der Waals surface area contributed by atoms with Gasteiger partial charge in [-0.1, -0.05) is 83.1 Å². The van der Waals surface area contributed by atoms with Gasteiger partial charge in [0.15, 0.2) is 0 Å². The van der Waals surface area contributed by atoms with E-state index in [4.69, 9.17) is 9.47 Å². The molecule has 0 saturated carbocycles. The standard InChI is InChI=1S/C40H63NO5S2/c1-14-45-33(43)26-41-18-16-40(17-19-41,47-27-22-29(36(2,3)4)34(44)30(23-27)37(5,6)7)48-28-24-31(38(8,9)10)35(46-21-15-20-42)32(25-28)39(11,12)13/h22-25,42,44H,14-21,26H2,1-13H3. The molecule has 0 atom stereocenters. The van der Waals surface area contributed by atoms with Crippen molar-refractivity contribution in [2.24, 2.45) is 0 Å². The summed E-state index contributed by atoms with van der Waals surface area (Å²) in [5.41, 5.74) is 3.51. The molecule has 1 fully saturated rings. The molecular formula is C40H63NO5S2. The van der Waals surface area contributed by atoms with Gasteiger partial charge in [-0.3, -0.25) is 9.69 Å². The minimum atomic E-state index is -0.223. The van der Waals surface area contributed by atoms with Crippen molar-refractivity contribution in [3.8, 4) is 11.5 Å². The van der Waals surface area contributed by atoms with Crippen molar-refractivity contribution in [1.82, 2.24) is 4.90 Å². The highest BCUT2D eigenvalue weighted by molar-refractivity contribution is 8.18. The molecule has 0 spiro atoms. The van der Waals surface area contributed by atoms with E-state index in [2.05, 4.69) is 112 Å². The largest absolute Gasteiger partial charge is 0.507 e. The van der Waals surface area contributed by atoms with Crippen molar-refractivity contribution in [1.29, 1.82) is 0 Å². The summed E-state index contributed by atoms with van der Waals surface area (Å²) in [6.07, 6.45) is 2.34. The van der Waals surface area contributed by atoms with Gasteiger partial charge in [0.2, 0.25) is 0 Å². The number of likely N-dealkylation sites (tertiary alicyclic amines) is 1. The van der Waals surface area contributed by atoms with Gasteiger partial charge in [0.25, 0.3) is 0 Å². The van der Waals surface area contributed by atoms with Crippen LogP contribution in [0.4, 0.5) is 0 Å². The molecule has 1 heterocycles. The molecule has 270 valence electrons. The first kappa shape index (κ1) is 40.6. The molecule has 6 nitrogen and oxygen atoms in total. The Labute approximate surface area is 300 Å². The molecule has 8 heteroatoms. The second kappa shape index (κ2) is 15.6. The lowest BCUT2D eigenvalue weighted by molar-refractivity contribution is -0.144. The zero-order valence-electron chi connectivity index (χ0n) is 32.1. The van der Waals surface area contributed by atoms with E-state index in [9.17, 15) is 15.0 Å². The van der Waals surface area contributed by atoms with Crippen LogP contribution in [0.1, 0.15) is 132 Å². The average Bonchev–Trinajstić information content (AvgIpc) is 2.93. The number of carbonyl (C=O) groups is 1. The number of esters is 1. The summed E-state index contributed by atoms with van der Waals surface area (Å²) in [5.74, 6) is 1.16. The third-order valence-electron chi connectivity index (χ3n) is 8.81. The van der Waals surface area contributed by atoms with E-state index in [1.54, 1.807) is 0 Å². The first-order valence-corrected chi connectivity index (χ1v) is 19.2. The van der Waals surface area contributed by atoms with Crippen LogP contribution in [0.3, 0.4) is 0 Å². The van der Waals surface area contributed by atoms with Crippen molar-refractivity contribution in [2.45, 2.75) is 145 Å². The van der Waals surface area contributed by atoms with Gasteiger partial charge in [-0.15, -0.1) is 23.5 Å². The van der Waals surface area contributed by atoms with E-state index in [0.29, 0.717) is 31.9 Å². The third-order valence-corrected chi connectivity index (χ3v) is 11.8. The maximum Gasteiger partial charge on any atom is 0.320 e. The quantitative estimate of drug-likeness (QED) is 0.136. The number of aromatic hydroxyl groups is 1. The van der Waals surface area contributed by atoms with Crippen LogP contribution in [-0.2, 0) is 31.2 Å². The normalized spacial score (nSPS) is 16.2. The minimum absolute atomic E-state index is 0.0989. The zero-order valence-corrected chi connectivity index (χ0v) is 33.7. The summed E-state index contributed by atoms with van der Waals surface area (Å²) in [7, 11) is 0. The number of carbonyl (C=O) groups excluding carboxylic acids is 1. The third kappa shape index (κ3) is 10.6. The van der Waals surface area contributed by atoms with Gasteiger partial charge in [-0.2, -0.15) is 0 Å². The van der Waals surface area contributed by atoms with Crippen LogP contribution >= 0.6 is 23.5 Å². The molecular weight excluding hydrogens is 639 g/mol. The topological polar surface area (TPSA) is 79.2 Å². The van der Waals surface area contributed by atoms with Gasteiger partial charge >= 0.3 is 5.97 Å². The van der Waals surface area contributed by atoms with E-state index in [0.717, 1.165) is 47.7 Å². The summed E-state index contributed by atoms with van der Waals surface area (Å²) >= 11 is 3.83. The van der Waals surface area contributed by atoms with Crippen molar-refractivity contribution < 1.29 is 24.5 Å². The van der Waals surface area contributed by atoms with E-state index in [-0.39, 0.29) is 38.3 Å². The summed E-state index contributed by atoms with van der Waals surface area (Å²) in [6, 6.07) is 9.03. The number of rotatable bonds is 11. The van der Waals surface area contributed by atoms with Gasteiger partial charge in [0.1, 0.15) is 11.5 Å². The molecule has 2 N–H and O–H groups in total. The number of nitrogens with zero attached hydrogens (tertiary/aromatic N) is 1. The second-order valence-corrected chi connectivity index (χ2v) is 20.5. The molecule has 1 saturated heterocycles. The first-order chi connectivity index (χ1) is 22.0. The van der Waals surface area contributed by atoms with Crippen LogP contribution in [0.25, 0.3) is 0 Å². The smallest absolute Gasteiger partial charge is 0.320 e. The van der Waals surface area contributed by atoms with Crippen molar-refractivity contribution in [3.05, 3.63) is 46.5 Å². The number of phenolic OH excluding ortho intramolecular Hbond substituents is 1. The number of benzene rings is 2. The highest BCUT2D eigenvalue weighted by Gasteiger charge is 2.40. The van der Waals surface area contributed by atoms with Crippen molar-refractivity contribution >= 4 is 29.5 Å². The van der Waals surface area contributed by atoms with Gasteiger partial charge in [0.05, 0.1) is 23.8 Å². The molecule has 0 aromatic heterocycles. The fourth-order valence-corrected chi connectivity index (χ4v) is 9.16. The molecule has 3 rings (SSSR count). The molecule has 0 unspecified atom stereocenters. The first-order valence-electron chi connectivity index (χ1n) is 17.6. The van der Waals surface area contributed by atoms with Crippen LogP contribution in [0.2, 0.25) is 0 Å². The monoisotopic (exact) mass is 701 g/mol. The number of phenols is 1. The van der Waals surface area contributed by atoms with Gasteiger partial charge in [0, 0.05) is 58.2 Å². The minimum Gasteiger partial charge on any atom is -0.507 e. The highest BCUT2D eigenvalue weighted by atomic mass is 32.2. The average molecular weight is 702 g/mol. The van der Waals surface area contributed by atoms with Crippen LogP contribution in [-0.4, -0.2) is 64.6 Å². The van der Waals surface area contributed by atoms with Crippen LogP contribution in [0, 0.1) is 0 Å². The number of piperidine rings is 1. The maximum absolute atomic E-state index is 12.4. The Morgan fingerprint density at radius 2 is 1.19 bits per heavy atom. The predicted octanol–water partition coefficient (Wildman–Crippen LogP) is 9.58. The molecule has 48 heavy (non-hydrogen) atoms. The van der Waals surface area contributed by atoms with E-state index < -0.39 is 0 Å². The SMILES string of the molecule is CCOC(=O)CN1CCC(Sc2cc(C(C)(C)C)c(O)c(C(C)(C)C)c2)(Sc2cc(C(C)(C)C)c(OCCCO)c(C(C)(C)C)c2)CC1. The fourth-order valence-electron chi connectivity index (χ4n) is 6.08. The number of ether oxygens (including phenoxy) is 2. The summed E-state index contributed by atoms with van der Waals surface area (Å²) < 4.78 is 11.5.